The van der Waals surface area contributed by atoms with Crippen LogP contribution in [0.4, 0.5) is 0 Å². The Hall–Kier alpha value is -1.33. The number of hydrogen-bond donors (Lipinski definition) is 1. The van der Waals surface area contributed by atoms with Gasteiger partial charge in [-0.2, -0.15) is 5.10 Å². The first-order chi connectivity index (χ1) is 10.2. The molecule has 1 aromatic carbocycles. The topological polar surface area (TPSA) is 39.1 Å². The van der Waals surface area contributed by atoms with Crippen molar-refractivity contribution in [2.75, 3.05) is 7.11 Å². The summed E-state index contributed by atoms with van der Waals surface area (Å²) in [4.78, 5) is 0. The van der Waals surface area contributed by atoms with Gasteiger partial charge in [0.2, 0.25) is 0 Å². The largest absolute Gasteiger partial charge is 0.497 e. The lowest BCUT2D eigenvalue weighted by Crippen LogP contribution is -2.16. The standard InChI is InChI=1S/C16H20BrN3O/c1-11-13(8-18-14-3-4-14)9-19-20(11)10-12-7-15(21-2)5-6-16(12)17/h5-7,9,14,18H,3-4,8,10H2,1-2H3. The number of benzene rings is 1. The number of ether oxygens (including phenoxy) is 1. The van der Waals surface area contributed by atoms with Gasteiger partial charge in [0.15, 0.2) is 0 Å². The summed E-state index contributed by atoms with van der Waals surface area (Å²) in [6.07, 6.45) is 4.59. The van der Waals surface area contributed by atoms with Gasteiger partial charge in [0.05, 0.1) is 19.9 Å². The maximum Gasteiger partial charge on any atom is 0.119 e. The van der Waals surface area contributed by atoms with Crippen molar-refractivity contribution in [3.05, 3.63) is 45.7 Å². The highest BCUT2D eigenvalue weighted by Gasteiger charge is 2.20. The minimum Gasteiger partial charge on any atom is -0.497 e. The van der Waals surface area contributed by atoms with Gasteiger partial charge in [-0.15, -0.1) is 0 Å². The highest BCUT2D eigenvalue weighted by atomic mass is 79.9. The summed E-state index contributed by atoms with van der Waals surface area (Å²) in [5.41, 5.74) is 3.67. The Labute approximate surface area is 133 Å². The monoisotopic (exact) mass is 349 g/mol. The van der Waals surface area contributed by atoms with E-state index in [1.165, 1.54) is 29.7 Å². The van der Waals surface area contributed by atoms with Crippen molar-refractivity contribution >= 4 is 15.9 Å². The Kier molecular flexibility index (Phi) is 4.31. The van der Waals surface area contributed by atoms with Gasteiger partial charge in [0.25, 0.3) is 0 Å². The normalized spacial score (nSPS) is 14.4. The molecule has 0 unspecified atom stereocenters. The molecular weight excluding hydrogens is 330 g/mol. The molecule has 1 fully saturated rings. The zero-order chi connectivity index (χ0) is 14.8. The first-order valence-corrected chi connectivity index (χ1v) is 8.03. The molecule has 1 saturated carbocycles. The highest BCUT2D eigenvalue weighted by Crippen LogP contribution is 2.24. The van der Waals surface area contributed by atoms with Gasteiger partial charge in [-0.1, -0.05) is 15.9 Å². The Bertz CT molecular complexity index is 634. The van der Waals surface area contributed by atoms with Crippen LogP contribution in [0.1, 0.15) is 29.7 Å². The number of nitrogens with zero attached hydrogens (tertiary/aromatic N) is 2. The zero-order valence-corrected chi connectivity index (χ0v) is 14.0. The number of aromatic nitrogens is 2. The molecule has 2 aromatic rings. The Morgan fingerprint density at radius 1 is 1.38 bits per heavy atom. The molecule has 3 rings (SSSR count). The van der Waals surface area contributed by atoms with Crippen LogP contribution in [0.25, 0.3) is 0 Å². The SMILES string of the molecule is COc1ccc(Br)c(Cn2ncc(CNC3CC3)c2C)c1. The lowest BCUT2D eigenvalue weighted by Gasteiger charge is -2.10. The summed E-state index contributed by atoms with van der Waals surface area (Å²) in [5, 5.41) is 8.06. The molecule has 1 heterocycles. The molecule has 0 radical (unpaired) electrons. The van der Waals surface area contributed by atoms with E-state index >= 15 is 0 Å². The minimum absolute atomic E-state index is 0.722. The van der Waals surface area contributed by atoms with Gasteiger partial charge in [0.1, 0.15) is 5.75 Å². The molecule has 1 N–H and O–H groups in total. The van der Waals surface area contributed by atoms with Crippen LogP contribution in [0, 0.1) is 6.92 Å². The van der Waals surface area contributed by atoms with E-state index in [2.05, 4.69) is 33.3 Å². The molecule has 1 aliphatic carbocycles. The Morgan fingerprint density at radius 3 is 2.90 bits per heavy atom. The summed E-state index contributed by atoms with van der Waals surface area (Å²) in [7, 11) is 1.69. The van der Waals surface area contributed by atoms with Crippen LogP contribution in [-0.2, 0) is 13.1 Å². The summed E-state index contributed by atoms with van der Waals surface area (Å²) in [5.74, 6) is 0.869. The zero-order valence-electron chi connectivity index (χ0n) is 12.4. The van der Waals surface area contributed by atoms with E-state index in [4.69, 9.17) is 4.74 Å². The van der Waals surface area contributed by atoms with E-state index < -0.39 is 0 Å². The van der Waals surface area contributed by atoms with Crippen LogP contribution in [-0.4, -0.2) is 22.9 Å². The van der Waals surface area contributed by atoms with Crippen molar-refractivity contribution in [1.29, 1.82) is 0 Å². The number of hydrogen-bond acceptors (Lipinski definition) is 3. The van der Waals surface area contributed by atoms with Gasteiger partial charge in [0, 0.05) is 28.3 Å². The van der Waals surface area contributed by atoms with E-state index in [9.17, 15) is 0 Å². The highest BCUT2D eigenvalue weighted by molar-refractivity contribution is 9.10. The van der Waals surface area contributed by atoms with Gasteiger partial charge in [-0.3, -0.25) is 4.68 Å². The second-order valence-electron chi connectivity index (χ2n) is 5.53. The van der Waals surface area contributed by atoms with Crippen LogP contribution in [0.15, 0.2) is 28.9 Å². The molecule has 112 valence electrons. The van der Waals surface area contributed by atoms with Crippen LogP contribution in [0.3, 0.4) is 0 Å². The molecule has 0 atom stereocenters. The Morgan fingerprint density at radius 2 is 2.19 bits per heavy atom. The average Bonchev–Trinajstić information content (AvgIpc) is 3.26. The van der Waals surface area contributed by atoms with Crippen molar-refractivity contribution in [2.45, 2.75) is 38.9 Å². The molecular formula is C16H20BrN3O. The number of methoxy groups -OCH3 is 1. The van der Waals surface area contributed by atoms with Crippen LogP contribution >= 0.6 is 15.9 Å². The first-order valence-electron chi connectivity index (χ1n) is 7.24. The van der Waals surface area contributed by atoms with E-state index in [0.717, 1.165) is 29.4 Å². The summed E-state index contributed by atoms with van der Waals surface area (Å²) < 4.78 is 8.42. The third-order valence-corrected chi connectivity index (χ3v) is 4.71. The van der Waals surface area contributed by atoms with Crippen LogP contribution in [0.2, 0.25) is 0 Å². The van der Waals surface area contributed by atoms with Crippen molar-refractivity contribution in [2.24, 2.45) is 0 Å². The fraction of sp³-hybridized carbons (Fsp3) is 0.438. The van der Waals surface area contributed by atoms with Gasteiger partial charge >= 0.3 is 0 Å². The van der Waals surface area contributed by atoms with Crippen molar-refractivity contribution in [3.8, 4) is 5.75 Å². The minimum atomic E-state index is 0.722. The fourth-order valence-corrected chi connectivity index (χ4v) is 2.69. The third-order valence-electron chi connectivity index (χ3n) is 3.94. The molecule has 0 aliphatic heterocycles. The second kappa shape index (κ2) is 6.20. The lowest BCUT2D eigenvalue weighted by molar-refractivity contribution is 0.414. The molecule has 0 amide bonds. The molecule has 0 saturated heterocycles. The summed E-state index contributed by atoms with van der Waals surface area (Å²) in [6.45, 7) is 3.79. The van der Waals surface area contributed by atoms with Gasteiger partial charge in [-0.05, 0) is 43.5 Å². The number of rotatable bonds is 6. The number of halogens is 1. The fourth-order valence-electron chi connectivity index (χ4n) is 2.32. The van der Waals surface area contributed by atoms with Crippen LogP contribution in [0.5, 0.6) is 5.75 Å². The average molecular weight is 350 g/mol. The lowest BCUT2D eigenvalue weighted by atomic mass is 10.2. The third kappa shape index (κ3) is 3.47. The quantitative estimate of drug-likeness (QED) is 0.869. The summed E-state index contributed by atoms with van der Waals surface area (Å²) in [6, 6.07) is 6.74. The van der Waals surface area contributed by atoms with E-state index in [1.54, 1.807) is 7.11 Å². The maximum absolute atomic E-state index is 5.29. The molecule has 1 aromatic heterocycles. The first kappa shape index (κ1) is 14.6. The van der Waals surface area contributed by atoms with Crippen molar-refractivity contribution in [3.63, 3.8) is 0 Å². The van der Waals surface area contributed by atoms with E-state index in [-0.39, 0.29) is 0 Å². The smallest absolute Gasteiger partial charge is 0.119 e. The maximum atomic E-state index is 5.29. The molecule has 1 aliphatic rings. The molecule has 0 spiro atoms. The second-order valence-corrected chi connectivity index (χ2v) is 6.38. The summed E-state index contributed by atoms with van der Waals surface area (Å²) >= 11 is 3.60. The molecule has 4 nitrogen and oxygen atoms in total. The van der Waals surface area contributed by atoms with Gasteiger partial charge in [-0.25, -0.2) is 0 Å². The van der Waals surface area contributed by atoms with Crippen molar-refractivity contribution in [1.82, 2.24) is 15.1 Å². The number of nitrogens with one attached hydrogen (secondary N) is 1. The van der Waals surface area contributed by atoms with Gasteiger partial charge < -0.3 is 10.1 Å². The van der Waals surface area contributed by atoms with E-state index in [1.807, 2.05) is 29.1 Å². The van der Waals surface area contributed by atoms with E-state index in [0.29, 0.717) is 0 Å². The Balaban J connectivity index is 1.74. The van der Waals surface area contributed by atoms with Crippen molar-refractivity contribution < 1.29 is 4.74 Å². The van der Waals surface area contributed by atoms with Crippen LogP contribution < -0.4 is 10.1 Å². The predicted octanol–water partition coefficient (Wildman–Crippen LogP) is 3.26. The molecule has 0 bridgehead atoms. The molecule has 21 heavy (non-hydrogen) atoms. The predicted molar refractivity (Wildman–Crippen MR) is 86.6 cm³/mol. The molecule has 5 heteroatoms.